The van der Waals surface area contributed by atoms with Gasteiger partial charge in [0.1, 0.15) is 18.1 Å². The van der Waals surface area contributed by atoms with Gasteiger partial charge in [-0.2, -0.15) is 0 Å². The highest BCUT2D eigenvalue weighted by molar-refractivity contribution is 5.93. The quantitative estimate of drug-likeness (QED) is 0.539. The molecule has 1 N–H and O–H groups in total. The lowest BCUT2D eigenvalue weighted by Crippen LogP contribution is -2.19. The molecule has 0 fully saturated rings. The summed E-state index contributed by atoms with van der Waals surface area (Å²) in [5, 5.41) is 11.8. The molecule has 1 amide bonds. The third kappa shape index (κ3) is 3.51. The van der Waals surface area contributed by atoms with Gasteiger partial charge in [-0.1, -0.05) is 37.3 Å². The van der Waals surface area contributed by atoms with Gasteiger partial charge in [0, 0.05) is 17.3 Å². The van der Waals surface area contributed by atoms with Crippen LogP contribution < -0.4 is 5.32 Å². The fourth-order valence-corrected chi connectivity index (χ4v) is 3.13. The number of hydrogen-bond donors (Lipinski definition) is 1. The zero-order valence-corrected chi connectivity index (χ0v) is 15.4. The highest BCUT2D eigenvalue weighted by Gasteiger charge is 2.18. The van der Waals surface area contributed by atoms with Crippen molar-refractivity contribution in [1.82, 2.24) is 14.8 Å². The van der Waals surface area contributed by atoms with Gasteiger partial charge in [-0.3, -0.25) is 4.79 Å². The second-order valence-corrected chi connectivity index (χ2v) is 6.45. The summed E-state index contributed by atoms with van der Waals surface area (Å²) in [5.41, 5.74) is 1.66. The molecule has 2 aromatic carbocycles. The lowest BCUT2D eigenvalue weighted by Gasteiger charge is -2.10. The molecule has 0 aliphatic rings. The van der Waals surface area contributed by atoms with E-state index < -0.39 is 5.82 Å². The molecule has 0 saturated heterocycles. The number of anilines is 1. The van der Waals surface area contributed by atoms with Gasteiger partial charge < -0.3 is 14.3 Å². The summed E-state index contributed by atoms with van der Waals surface area (Å²) in [6.45, 7) is 2.02. The van der Waals surface area contributed by atoms with Crippen molar-refractivity contribution in [3.63, 3.8) is 0 Å². The average Bonchev–Trinajstić information content (AvgIpc) is 3.29. The van der Waals surface area contributed by atoms with Gasteiger partial charge in [-0.15, -0.1) is 10.2 Å². The van der Waals surface area contributed by atoms with Crippen molar-refractivity contribution >= 4 is 22.5 Å². The van der Waals surface area contributed by atoms with Crippen molar-refractivity contribution in [2.24, 2.45) is 0 Å². The topological polar surface area (TPSA) is 73.0 Å². The van der Waals surface area contributed by atoms with E-state index in [1.807, 2.05) is 37.3 Å². The van der Waals surface area contributed by atoms with Gasteiger partial charge >= 0.3 is 0 Å². The number of benzene rings is 2. The Balaban J connectivity index is 1.68. The van der Waals surface area contributed by atoms with E-state index in [-0.39, 0.29) is 18.1 Å². The number of aryl methyl sites for hydroxylation is 1. The van der Waals surface area contributed by atoms with E-state index in [2.05, 4.69) is 15.5 Å². The van der Waals surface area contributed by atoms with Crippen molar-refractivity contribution in [2.75, 3.05) is 5.32 Å². The van der Waals surface area contributed by atoms with Crippen LogP contribution in [0.15, 0.2) is 59.0 Å². The Hall–Kier alpha value is -3.48. The maximum atomic E-state index is 13.8. The molecule has 0 aliphatic heterocycles. The van der Waals surface area contributed by atoms with E-state index in [9.17, 15) is 9.18 Å². The van der Waals surface area contributed by atoms with Gasteiger partial charge in [0.15, 0.2) is 0 Å². The van der Waals surface area contributed by atoms with Crippen LogP contribution in [0.3, 0.4) is 0 Å². The molecule has 142 valence electrons. The summed E-state index contributed by atoms with van der Waals surface area (Å²) in [6, 6.07) is 15.7. The van der Waals surface area contributed by atoms with Crippen LogP contribution in [0.1, 0.15) is 19.2 Å². The number of halogens is 1. The smallest absolute Gasteiger partial charge is 0.264 e. The largest absolute Gasteiger partial charge is 0.419 e. The summed E-state index contributed by atoms with van der Waals surface area (Å²) in [4.78, 5) is 12.6. The Morgan fingerprint density at radius 3 is 2.75 bits per heavy atom. The molecule has 0 aliphatic carbocycles. The van der Waals surface area contributed by atoms with Crippen LogP contribution in [0, 0.1) is 5.82 Å². The molecule has 0 spiro atoms. The Labute approximate surface area is 161 Å². The first-order chi connectivity index (χ1) is 13.7. The number of rotatable bonds is 6. The van der Waals surface area contributed by atoms with Crippen LogP contribution >= 0.6 is 0 Å². The summed E-state index contributed by atoms with van der Waals surface area (Å²) in [5.74, 6) is 0.0963. The van der Waals surface area contributed by atoms with Crippen LogP contribution in [-0.2, 0) is 17.8 Å². The number of nitrogens with one attached hydrogen (secondary N) is 1. The minimum Gasteiger partial charge on any atom is -0.419 e. The first-order valence-electron chi connectivity index (χ1n) is 9.11. The van der Waals surface area contributed by atoms with Crippen molar-refractivity contribution in [2.45, 2.75) is 26.3 Å². The van der Waals surface area contributed by atoms with E-state index in [0.717, 1.165) is 17.3 Å². The molecule has 0 saturated carbocycles. The molecular formula is C21H19FN4O2. The molecule has 0 bridgehead atoms. The number of carbonyl (C=O) groups excluding carboxylic acids is 1. The summed E-state index contributed by atoms with van der Waals surface area (Å²) in [7, 11) is 0. The van der Waals surface area contributed by atoms with E-state index in [1.165, 1.54) is 12.1 Å². The van der Waals surface area contributed by atoms with Crippen molar-refractivity contribution < 1.29 is 13.6 Å². The van der Waals surface area contributed by atoms with Crippen LogP contribution in [0.5, 0.6) is 0 Å². The number of para-hydroxylation sites is 2. The second-order valence-electron chi connectivity index (χ2n) is 6.45. The van der Waals surface area contributed by atoms with E-state index in [4.69, 9.17) is 4.42 Å². The monoisotopic (exact) mass is 378 g/mol. The van der Waals surface area contributed by atoms with Crippen LogP contribution in [0.4, 0.5) is 10.1 Å². The van der Waals surface area contributed by atoms with E-state index >= 15 is 0 Å². The SMILES string of the molecule is CCCc1nnc(-c2cc3ccccc3n2CC(=O)Nc2ccccc2F)o1. The maximum absolute atomic E-state index is 13.8. The Bertz CT molecular complexity index is 1130. The lowest BCUT2D eigenvalue weighted by atomic mass is 10.2. The predicted molar refractivity (Wildman–Crippen MR) is 104 cm³/mol. The fourth-order valence-electron chi connectivity index (χ4n) is 3.13. The van der Waals surface area contributed by atoms with Crippen molar-refractivity contribution in [3.05, 3.63) is 66.3 Å². The highest BCUT2D eigenvalue weighted by Crippen LogP contribution is 2.28. The van der Waals surface area contributed by atoms with Crippen LogP contribution in [-0.4, -0.2) is 20.7 Å². The molecular weight excluding hydrogens is 359 g/mol. The normalized spacial score (nSPS) is 11.1. The van der Waals surface area contributed by atoms with Gasteiger partial charge in [-0.05, 0) is 30.7 Å². The third-order valence-electron chi connectivity index (χ3n) is 4.41. The van der Waals surface area contributed by atoms with Gasteiger partial charge in [0.05, 0.1) is 5.69 Å². The molecule has 4 aromatic rings. The van der Waals surface area contributed by atoms with Crippen molar-refractivity contribution in [1.29, 1.82) is 0 Å². The first-order valence-corrected chi connectivity index (χ1v) is 9.11. The Kier molecular flexibility index (Phi) is 4.89. The molecule has 2 aromatic heterocycles. The number of carbonyl (C=O) groups is 1. The molecule has 7 heteroatoms. The number of fused-ring (bicyclic) bond motifs is 1. The molecule has 6 nitrogen and oxygen atoms in total. The minimum atomic E-state index is -0.477. The minimum absolute atomic E-state index is 0.0112. The highest BCUT2D eigenvalue weighted by atomic mass is 19.1. The fraction of sp³-hybridized carbons (Fsp3) is 0.190. The van der Waals surface area contributed by atoms with Gasteiger partial charge in [0.2, 0.25) is 11.8 Å². The van der Waals surface area contributed by atoms with Crippen molar-refractivity contribution in [3.8, 4) is 11.6 Å². The van der Waals surface area contributed by atoms with Crippen LogP contribution in [0.25, 0.3) is 22.5 Å². The number of aromatic nitrogens is 3. The first kappa shape index (κ1) is 17.9. The number of amides is 1. The van der Waals surface area contributed by atoms with E-state index in [1.54, 1.807) is 16.7 Å². The Morgan fingerprint density at radius 1 is 1.14 bits per heavy atom. The zero-order valence-electron chi connectivity index (χ0n) is 15.4. The molecule has 2 heterocycles. The maximum Gasteiger partial charge on any atom is 0.264 e. The van der Waals surface area contributed by atoms with Gasteiger partial charge in [0.25, 0.3) is 5.89 Å². The van der Waals surface area contributed by atoms with E-state index in [0.29, 0.717) is 23.9 Å². The Morgan fingerprint density at radius 2 is 1.93 bits per heavy atom. The molecule has 0 radical (unpaired) electrons. The molecule has 4 rings (SSSR count). The average molecular weight is 378 g/mol. The van der Waals surface area contributed by atoms with Crippen LogP contribution in [0.2, 0.25) is 0 Å². The summed E-state index contributed by atoms with van der Waals surface area (Å²) in [6.07, 6.45) is 1.59. The molecule has 28 heavy (non-hydrogen) atoms. The van der Waals surface area contributed by atoms with Gasteiger partial charge in [-0.25, -0.2) is 4.39 Å². The zero-order chi connectivity index (χ0) is 19.5. The predicted octanol–water partition coefficient (Wildman–Crippen LogP) is 4.42. The summed E-state index contributed by atoms with van der Waals surface area (Å²) >= 11 is 0. The standard InChI is InChI=1S/C21H19FN4O2/c1-2-7-20-24-25-21(28-20)18-12-14-8-3-6-11-17(14)26(18)13-19(27)23-16-10-5-4-9-15(16)22/h3-6,8-12H,2,7,13H2,1H3,(H,23,27). The second kappa shape index (κ2) is 7.64. The molecule has 0 unspecified atom stereocenters. The molecule has 0 atom stereocenters. The third-order valence-corrected chi connectivity index (χ3v) is 4.41. The number of nitrogens with zero attached hydrogens (tertiary/aromatic N) is 3. The summed E-state index contributed by atoms with van der Waals surface area (Å²) < 4.78 is 21.4. The number of hydrogen-bond acceptors (Lipinski definition) is 4. The lowest BCUT2D eigenvalue weighted by molar-refractivity contribution is -0.116.